The van der Waals surface area contributed by atoms with Gasteiger partial charge in [-0.05, 0) is 44.9 Å². The lowest BCUT2D eigenvalue weighted by Crippen LogP contribution is -2.42. The number of fused-ring (bicyclic) bond motifs is 1. The fourth-order valence-electron chi connectivity index (χ4n) is 3.43. The standard InChI is InChI=1S/C15H22N4O/c1-10-8-11(9-14(16-2)17-10)15(20)18-12-5-7-19-6-3-4-13(12)19/h8-9,12-13H,3-7H2,1-2H3,(H,16,17)(H,18,20). The molecule has 0 aliphatic carbocycles. The number of carbonyl (C=O) groups excluding carboxylic acids is 1. The highest BCUT2D eigenvalue weighted by Gasteiger charge is 2.37. The molecule has 0 bridgehead atoms. The highest BCUT2D eigenvalue weighted by atomic mass is 16.1. The number of pyridine rings is 1. The Morgan fingerprint density at radius 1 is 1.35 bits per heavy atom. The highest BCUT2D eigenvalue weighted by molar-refractivity contribution is 5.95. The number of nitrogens with one attached hydrogen (secondary N) is 2. The van der Waals surface area contributed by atoms with Crippen LogP contribution in [0.1, 0.15) is 35.3 Å². The van der Waals surface area contributed by atoms with Crippen LogP contribution in [0, 0.1) is 6.92 Å². The van der Waals surface area contributed by atoms with Crippen molar-refractivity contribution < 1.29 is 4.79 Å². The van der Waals surface area contributed by atoms with Gasteiger partial charge in [0.1, 0.15) is 5.82 Å². The van der Waals surface area contributed by atoms with E-state index in [2.05, 4.69) is 20.5 Å². The zero-order valence-corrected chi connectivity index (χ0v) is 12.1. The number of nitrogens with zero attached hydrogens (tertiary/aromatic N) is 2. The zero-order valence-electron chi connectivity index (χ0n) is 12.1. The maximum absolute atomic E-state index is 12.4. The molecule has 3 rings (SSSR count). The van der Waals surface area contributed by atoms with Crippen LogP contribution in [0.2, 0.25) is 0 Å². The molecule has 2 unspecified atom stereocenters. The maximum atomic E-state index is 12.4. The fraction of sp³-hybridized carbons (Fsp3) is 0.600. The summed E-state index contributed by atoms with van der Waals surface area (Å²) in [5.41, 5.74) is 1.55. The molecule has 108 valence electrons. The van der Waals surface area contributed by atoms with E-state index in [1.165, 1.54) is 19.4 Å². The van der Waals surface area contributed by atoms with Crippen LogP contribution in [0.25, 0.3) is 0 Å². The second-order valence-electron chi connectivity index (χ2n) is 5.75. The van der Waals surface area contributed by atoms with Gasteiger partial charge in [-0.15, -0.1) is 0 Å². The van der Waals surface area contributed by atoms with Crippen LogP contribution >= 0.6 is 0 Å². The quantitative estimate of drug-likeness (QED) is 0.875. The molecule has 2 saturated heterocycles. The Morgan fingerprint density at radius 3 is 3.00 bits per heavy atom. The van der Waals surface area contributed by atoms with Gasteiger partial charge in [-0.2, -0.15) is 0 Å². The summed E-state index contributed by atoms with van der Waals surface area (Å²) >= 11 is 0. The van der Waals surface area contributed by atoms with Crippen molar-refractivity contribution in [3.05, 3.63) is 23.4 Å². The molecule has 0 aromatic carbocycles. The molecule has 2 atom stereocenters. The molecule has 2 N–H and O–H groups in total. The third-order valence-electron chi connectivity index (χ3n) is 4.39. The molecule has 20 heavy (non-hydrogen) atoms. The van der Waals surface area contributed by atoms with Gasteiger partial charge in [0.05, 0.1) is 0 Å². The van der Waals surface area contributed by atoms with Gasteiger partial charge < -0.3 is 10.6 Å². The van der Waals surface area contributed by atoms with E-state index in [-0.39, 0.29) is 5.91 Å². The first-order valence-electron chi connectivity index (χ1n) is 7.39. The number of aryl methyl sites for hydroxylation is 1. The van der Waals surface area contributed by atoms with E-state index in [9.17, 15) is 4.79 Å². The lowest BCUT2D eigenvalue weighted by Gasteiger charge is -2.21. The minimum absolute atomic E-state index is 0.0192. The molecule has 2 aliphatic rings. The Kier molecular flexibility index (Phi) is 3.61. The van der Waals surface area contributed by atoms with Crippen molar-refractivity contribution in [3.63, 3.8) is 0 Å². The maximum Gasteiger partial charge on any atom is 0.251 e. The topological polar surface area (TPSA) is 57.3 Å². The molecule has 0 saturated carbocycles. The molecule has 0 radical (unpaired) electrons. The SMILES string of the molecule is CNc1cc(C(=O)NC2CCN3CCCC23)cc(C)n1. The zero-order chi connectivity index (χ0) is 14.1. The van der Waals surface area contributed by atoms with Crippen molar-refractivity contribution in [1.82, 2.24) is 15.2 Å². The van der Waals surface area contributed by atoms with Gasteiger partial charge in [0.15, 0.2) is 0 Å². The summed E-state index contributed by atoms with van der Waals surface area (Å²) in [5.74, 6) is 0.759. The van der Waals surface area contributed by atoms with Crippen LogP contribution in [-0.2, 0) is 0 Å². The molecule has 5 nitrogen and oxygen atoms in total. The van der Waals surface area contributed by atoms with E-state index in [1.807, 2.05) is 26.1 Å². The molecule has 3 heterocycles. The van der Waals surface area contributed by atoms with Crippen molar-refractivity contribution in [2.24, 2.45) is 0 Å². The number of hydrogen-bond donors (Lipinski definition) is 2. The van der Waals surface area contributed by atoms with Crippen molar-refractivity contribution >= 4 is 11.7 Å². The van der Waals surface area contributed by atoms with Gasteiger partial charge in [0, 0.05) is 36.9 Å². The summed E-state index contributed by atoms with van der Waals surface area (Å²) in [6, 6.07) is 4.50. The number of amides is 1. The van der Waals surface area contributed by atoms with E-state index in [1.54, 1.807) is 0 Å². The van der Waals surface area contributed by atoms with E-state index in [0.29, 0.717) is 17.6 Å². The Morgan fingerprint density at radius 2 is 2.20 bits per heavy atom. The number of hydrogen-bond acceptors (Lipinski definition) is 4. The lowest BCUT2D eigenvalue weighted by molar-refractivity contribution is 0.0929. The summed E-state index contributed by atoms with van der Waals surface area (Å²) < 4.78 is 0. The van der Waals surface area contributed by atoms with Crippen molar-refractivity contribution in [1.29, 1.82) is 0 Å². The van der Waals surface area contributed by atoms with Gasteiger partial charge in [-0.1, -0.05) is 0 Å². The molecule has 1 amide bonds. The lowest BCUT2D eigenvalue weighted by atomic mass is 10.1. The van der Waals surface area contributed by atoms with Gasteiger partial charge in [-0.25, -0.2) is 4.98 Å². The number of aromatic nitrogens is 1. The smallest absolute Gasteiger partial charge is 0.251 e. The minimum Gasteiger partial charge on any atom is -0.373 e. The molecular weight excluding hydrogens is 252 g/mol. The first kappa shape index (κ1) is 13.4. The largest absolute Gasteiger partial charge is 0.373 e. The van der Waals surface area contributed by atoms with Crippen LogP contribution < -0.4 is 10.6 Å². The Hall–Kier alpha value is -1.62. The van der Waals surface area contributed by atoms with Crippen LogP contribution in [0.4, 0.5) is 5.82 Å². The van der Waals surface area contributed by atoms with Crippen molar-refractivity contribution in [2.45, 2.75) is 38.3 Å². The average Bonchev–Trinajstić information content (AvgIpc) is 3.03. The minimum atomic E-state index is 0.0192. The fourth-order valence-corrected chi connectivity index (χ4v) is 3.43. The van der Waals surface area contributed by atoms with Gasteiger partial charge in [-0.3, -0.25) is 9.69 Å². The first-order valence-corrected chi connectivity index (χ1v) is 7.39. The van der Waals surface area contributed by atoms with E-state index >= 15 is 0 Å². The van der Waals surface area contributed by atoms with E-state index in [0.717, 1.165) is 24.5 Å². The first-order chi connectivity index (χ1) is 9.67. The van der Waals surface area contributed by atoms with Crippen LogP contribution in [-0.4, -0.2) is 48.0 Å². The van der Waals surface area contributed by atoms with Crippen molar-refractivity contribution in [2.75, 3.05) is 25.5 Å². The molecule has 5 heteroatoms. The van der Waals surface area contributed by atoms with Crippen LogP contribution in [0.5, 0.6) is 0 Å². The Bertz CT molecular complexity index is 517. The number of carbonyl (C=O) groups is 1. The van der Waals surface area contributed by atoms with E-state index in [4.69, 9.17) is 0 Å². The molecule has 1 aromatic rings. The summed E-state index contributed by atoms with van der Waals surface area (Å²) in [5, 5.41) is 6.20. The molecule has 2 fully saturated rings. The van der Waals surface area contributed by atoms with Gasteiger partial charge in [0.2, 0.25) is 0 Å². The predicted molar refractivity (Wildman–Crippen MR) is 79.0 cm³/mol. The highest BCUT2D eigenvalue weighted by Crippen LogP contribution is 2.28. The second-order valence-corrected chi connectivity index (χ2v) is 5.75. The molecule has 1 aromatic heterocycles. The number of anilines is 1. The van der Waals surface area contributed by atoms with Gasteiger partial charge in [0.25, 0.3) is 5.91 Å². The summed E-state index contributed by atoms with van der Waals surface area (Å²) in [4.78, 5) is 19.2. The van der Waals surface area contributed by atoms with E-state index < -0.39 is 0 Å². The third kappa shape index (κ3) is 2.50. The molecular formula is C15H22N4O. The monoisotopic (exact) mass is 274 g/mol. The molecule has 0 spiro atoms. The van der Waals surface area contributed by atoms with Gasteiger partial charge >= 0.3 is 0 Å². The number of rotatable bonds is 3. The third-order valence-corrected chi connectivity index (χ3v) is 4.39. The summed E-state index contributed by atoms with van der Waals surface area (Å²) in [7, 11) is 1.82. The summed E-state index contributed by atoms with van der Waals surface area (Å²) in [6.45, 7) is 4.22. The van der Waals surface area contributed by atoms with Crippen molar-refractivity contribution in [3.8, 4) is 0 Å². The Labute approximate surface area is 119 Å². The second kappa shape index (κ2) is 5.40. The van der Waals surface area contributed by atoms with Crippen LogP contribution in [0.3, 0.4) is 0 Å². The molecule has 2 aliphatic heterocycles. The Balaban J connectivity index is 1.71. The average molecular weight is 274 g/mol. The normalized spacial score (nSPS) is 25.5. The predicted octanol–water partition coefficient (Wildman–Crippen LogP) is 1.40. The van der Waals surface area contributed by atoms with Crippen LogP contribution in [0.15, 0.2) is 12.1 Å². The summed E-state index contributed by atoms with van der Waals surface area (Å²) in [6.07, 6.45) is 3.54.